The van der Waals surface area contributed by atoms with Crippen LogP contribution in [-0.2, 0) is 6.54 Å². The molecule has 1 N–H and O–H groups in total. The molecule has 1 fully saturated rings. The van der Waals surface area contributed by atoms with Gasteiger partial charge in [-0.1, -0.05) is 60.7 Å². The number of piperidine rings is 1. The maximum absolute atomic E-state index is 9.49. The number of nitriles is 1. The quantitative estimate of drug-likeness (QED) is 0.297. The van der Waals surface area contributed by atoms with Gasteiger partial charge in [-0.2, -0.15) is 5.26 Å². The molecule has 5 aromatic rings. The first-order chi connectivity index (χ1) is 18.2. The lowest BCUT2D eigenvalue weighted by Crippen LogP contribution is -2.33. The number of hydrogen-bond donors (Lipinski definition) is 1. The molecule has 6 rings (SSSR count). The highest BCUT2D eigenvalue weighted by Crippen LogP contribution is 2.34. The molecule has 0 unspecified atom stereocenters. The summed E-state index contributed by atoms with van der Waals surface area (Å²) in [6.45, 7) is 5.05. The third-order valence-electron chi connectivity index (χ3n) is 7.40. The van der Waals surface area contributed by atoms with Crippen molar-refractivity contribution in [2.45, 2.75) is 32.2 Å². The van der Waals surface area contributed by atoms with Gasteiger partial charge in [0, 0.05) is 29.8 Å². The zero-order chi connectivity index (χ0) is 25.2. The summed E-state index contributed by atoms with van der Waals surface area (Å²) in [4.78, 5) is 15.8. The van der Waals surface area contributed by atoms with Gasteiger partial charge in [0.2, 0.25) is 0 Å². The van der Waals surface area contributed by atoms with Gasteiger partial charge < -0.3 is 4.98 Å². The van der Waals surface area contributed by atoms with Crippen LogP contribution in [0.25, 0.3) is 33.4 Å². The van der Waals surface area contributed by atoms with E-state index in [2.05, 4.69) is 77.5 Å². The van der Waals surface area contributed by atoms with Crippen molar-refractivity contribution in [3.05, 3.63) is 108 Å². The smallest absolute Gasteiger partial charge is 0.110 e. The molecule has 0 atom stereocenters. The van der Waals surface area contributed by atoms with Crippen molar-refractivity contribution in [2.24, 2.45) is 0 Å². The van der Waals surface area contributed by atoms with Crippen LogP contribution < -0.4 is 0 Å². The van der Waals surface area contributed by atoms with Crippen molar-refractivity contribution in [3.8, 4) is 28.5 Å². The van der Waals surface area contributed by atoms with Gasteiger partial charge in [0.25, 0.3) is 0 Å². The first-order valence-electron chi connectivity index (χ1n) is 12.9. The highest BCUT2D eigenvalue weighted by molar-refractivity contribution is 5.83. The van der Waals surface area contributed by atoms with E-state index in [4.69, 9.17) is 9.97 Å². The van der Waals surface area contributed by atoms with Gasteiger partial charge in [-0.3, -0.25) is 9.88 Å². The topological polar surface area (TPSA) is 68.6 Å². The second-order valence-corrected chi connectivity index (χ2v) is 9.95. The van der Waals surface area contributed by atoms with E-state index in [1.165, 1.54) is 11.1 Å². The summed E-state index contributed by atoms with van der Waals surface area (Å²) in [7, 11) is 0. The van der Waals surface area contributed by atoms with Crippen molar-refractivity contribution < 1.29 is 0 Å². The Hall–Kier alpha value is -4.27. The van der Waals surface area contributed by atoms with Gasteiger partial charge in [-0.25, -0.2) is 4.98 Å². The monoisotopic (exact) mass is 483 g/mol. The molecule has 5 nitrogen and oxygen atoms in total. The predicted octanol–water partition coefficient (Wildman–Crippen LogP) is 6.85. The van der Waals surface area contributed by atoms with Crippen LogP contribution in [0.15, 0.2) is 85.1 Å². The predicted molar refractivity (Wildman–Crippen MR) is 148 cm³/mol. The largest absolute Gasteiger partial charge is 0.342 e. The number of pyridine rings is 1. The van der Waals surface area contributed by atoms with Crippen LogP contribution in [-0.4, -0.2) is 32.9 Å². The Morgan fingerprint density at radius 1 is 0.946 bits per heavy atom. The first-order valence-corrected chi connectivity index (χ1v) is 12.9. The number of imidazole rings is 1. The van der Waals surface area contributed by atoms with Crippen molar-refractivity contribution in [1.82, 2.24) is 19.9 Å². The normalized spacial score (nSPS) is 14.6. The number of nitrogens with zero attached hydrogens (tertiary/aromatic N) is 4. The van der Waals surface area contributed by atoms with E-state index in [1.807, 2.05) is 24.3 Å². The lowest BCUT2D eigenvalue weighted by Gasteiger charge is -2.31. The zero-order valence-electron chi connectivity index (χ0n) is 21.0. The Bertz CT molecular complexity index is 1590. The Balaban J connectivity index is 1.23. The second kappa shape index (κ2) is 10.0. The molecule has 0 bridgehead atoms. The minimum Gasteiger partial charge on any atom is -0.342 e. The molecule has 1 saturated heterocycles. The number of benzene rings is 3. The van der Waals surface area contributed by atoms with E-state index < -0.39 is 0 Å². The molecular formula is C32H29N5. The van der Waals surface area contributed by atoms with Gasteiger partial charge in [0.15, 0.2) is 0 Å². The molecule has 0 amide bonds. The van der Waals surface area contributed by atoms with Crippen LogP contribution in [0.1, 0.15) is 41.3 Å². The molecule has 3 aromatic carbocycles. The Morgan fingerprint density at radius 2 is 1.73 bits per heavy atom. The molecule has 5 heteroatoms. The lowest BCUT2D eigenvalue weighted by atomic mass is 9.93. The number of hydrogen-bond acceptors (Lipinski definition) is 4. The van der Waals surface area contributed by atoms with Crippen LogP contribution in [0.2, 0.25) is 0 Å². The molecule has 0 aliphatic carbocycles. The van der Waals surface area contributed by atoms with Crippen molar-refractivity contribution >= 4 is 11.0 Å². The highest BCUT2D eigenvalue weighted by atomic mass is 15.1. The van der Waals surface area contributed by atoms with E-state index >= 15 is 0 Å². The summed E-state index contributed by atoms with van der Waals surface area (Å²) in [6.07, 6.45) is 3.86. The SMILES string of the molecule is Cc1ccc2nc(C3CCN(Cc4ccccc4-c4ncc(C#N)cc4-c4ccccc4)CC3)[nH]c2c1. The van der Waals surface area contributed by atoms with E-state index in [-0.39, 0.29) is 0 Å². The zero-order valence-corrected chi connectivity index (χ0v) is 21.0. The Morgan fingerprint density at radius 3 is 2.54 bits per heavy atom. The highest BCUT2D eigenvalue weighted by Gasteiger charge is 2.24. The summed E-state index contributed by atoms with van der Waals surface area (Å²) < 4.78 is 0. The summed E-state index contributed by atoms with van der Waals surface area (Å²) in [5.41, 5.74) is 9.39. The molecule has 0 spiro atoms. The number of fused-ring (bicyclic) bond motifs is 1. The van der Waals surface area contributed by atoms with Gasteiger partial charge >= 0.3 is 0 Å². The molecule has 2 aromatic heterocycles. The third kappa shape index (κ3) is 4.76. The molecule has 1 aliphatic heterocycles. The van der Waals surface area contributed by atoms with E-state index in [0.29, 0.717) is 11.5 Å². The molecule has 3 heterocycles. The van der Waals surface area contributed by atoms with Crippen LogP contribution in [0.5, 0.6) is 0 Å². The number of likely N-dealkylation sites (tertiary alicyclic amines) is 1. The number of nitrogens with one attached hydrogen (secondary N) is 1. The summed E-state index contributed by atoms with van der Waals surface area (Å²) >= 11 is 0. The van der Waals surface area contributed by atoms with Gasteiger partial charge in [-0.05, 0) is 67.7 Å². The fourth-order valence-electron chi connectivity index (χ4n) is 5.41. The summed E-state index contributed by atoms with van der Waals surface area (Å²) in [5.74, 6) is 1.58. The molecule has 1 aliphatic rings. The molecular weight excluding hydrogens is 454 g/mol. The lowest BCUT2D eigenvalue weighted by molar-refractivity contribution is 0.202. The Labute approximate surface area is 217 Å². The number of H-pyrrole nitrogens is 1. The molecule has 37 heavy (non-hydrogen) atoms. The molecule has 0 saturated carbocycles. The molecule has 0 radical (unpaired) electrons. The number of aryl methyl sites for hydroxylation is 1. The standard InChI is InChI=1S/C32H29N5/c1-22-11-12-29-30(17-22)36-32(35-29)25-13-15-37(16-14-25)21-26-9-5-6-10-27(26)31-28(18-23(19-33)20-34-31)24-7-3-2-4-8-24/h2-12,17-18,20,25H,13-16,21H2,1H3,(H,35,36). The Kier molecular flexibility index (Phi) is 6.26. The van der Waals surface area contributed by atoms with Crippen molar-refractivity contribution in [1.29, 1.82) is 5.26 Å². The third-order valence-corrected chi connectivity index (χ3v) is 7.40. The number of aromatic nitrogens is 3. The fourth-order valence-corrected chi connectivity index (χ4v) is 5.41. The molecule has 182 valence electrons. The number of aromatic amines is 1. The minimum absolute atomic E-state index is 0.462. The van der Waals surface area contributed by atoms with E-state index in [0.717, 1.165) is 71.7 Å². The van der Waals surface area contributed by atoms with Crippen LogP contribution in [0, 0.1) is 18.3 Å². The maximum atomic E-state index is 9.49. The van der Waals surface area contributed by atoms with Crippen LogP contribution in [0.3, 0.4) is 0 Å². The van der Waals surface area contributed by atoms with E-state index in [9.17, 15) is 5.26 Å². The maximum Gasteiger partial charge on any atom is 0.110 e. The van der Waals surface area contributed by atoms with Crippen molar-refractivity contribution in [3.63, 3.8) is 0 Å². The minimum atomic E-state index is 0.462. The fraction of sp³-hybridized carbons (Fsp3) is 0.219. The van der Waals surface area contributed by atoms with Crippen LogP contribution >= 0.6 is 0 Å². The van der Waals surface area contributed by atoms with Gasteiger partial charge in [0.1, 0.15) is 11.9 Å². The summed E-state index contributed by atoms with van der Waals surface area (Å²) in [6, 6.07) is 29.4. The van der Waals surface area contributed by atoms with Gasteiger partial charge in [0.05, 0.1) is 22.3 Å². The van der Waals surface area contributed by atoms with Crippen LogP contribution in [0.4, 0.5) is 0 Å². The summed E-state index contributed by atoms with van der Waals surface area (Å²) in [5, 5.41) is 9.49. The first kappa shape index (κ1) is 23.1. The average molecular weight is 484 g/mol. The second-order valence-electron chi connectivity index (χ2n) is 9.95. The van der Waals surface area contributed by atoms with Gasteiger partial charge in [-0.15, -0.1) is 0 Å². The van der Waals surface area contributed by atoms with E-state index in [1.54, 1.807) is 6.20 Å². The number of rotatable bonds is 5. The van der Waals surface area contributed by atoms with Crippen molar-refractivity contribution in [2.75, 3.05) is 13.1 Å². The average Bonchev–Trinajstić information content (AvgIpc) is 3.37.